The van der Waals surface area contributed by atoms with Crippen molar-refractivity contribution in [1.29, 1.82) is 0 Å². The van der Waals surface area contributed by atoms with E-state index in [2.05, 4.69) is 37.8 Å². The van der Waals surface area contributed by atoms with Crippen LogP contribution in [0.25, 0.3) is 11.0 Å². The van der Waals surface area contributed by atoms with Crippen LogP contribution in [0.15, 0.2) is 34.7 Å². The highest BCUT2D eigenvalue weighted by Gasteiger charge is 2.20. The molecule has 0 saturated heterocycles. The molecule has 3 nitrogen and oxygen atoms in total. The zero-order valence-corrected chi connectivity index (χ0v) is 12.9. The molecule has 0 radical (unpaired) electrons. The number of nitrogens with two attached hydrogens (primary N) is 1. The van der Waals surface area contributed by atoms with Crippen molar-refractivity contribution >= 4 is 11.0 Å². The topological polar surface area (TPSA) is 42.4 Å². The molecule has 110 valence electrons. The molecule has 3 heteroatoms. The van der Waals surface area contributed by atoms with E-state index >= 15 is 0 Å². The fraction of sp³-hybridized carbons (Fsp3) is 0.529. The Morgan fingerprint density at radius 2 is 2.00 bits per heavy atom. The van der Waals surface area contributed by atoms with Crippen molar-refractivity contribution < 1.29 is 4.42 Å². The van der Waals surface area contributed by atoms with Gasteiger partial charge in [-0.2, -0.15) is 0 Å². The quantitative estimate of drug-likeness (QED) is 0.838. The highest BCUT2D eigenvalue weighted by molar-refractivity contribution is 5.77. The maximum atomic E-state index is 5.92. The fourth-order valence-electron chi connectivity index (χ4n) is 2.54. The van der Waals surface area contributed by atoms with Crippen molar-refractivity contribution in [2.75, 3.05) is 19.6 Å². The van der Waals surface area contributed by atoms with Crippen LogP contribution >= 0.6 is 0 Å². The van der Waals surface area contributed by atoms with Crippen molar-refractivity contribution in [3.8, 4) is 0 Å². The van der Waals surface area contributed by atoms with Crippen LogP contribution in [0, 0.1) is 5.41 Å². The van der Waals surface area contributed by atoms with E-state index in [-0.39, 0.29) is 5.41 Å². The van der Waals surface area contributed by atoms with Crippen LogP contribution in [0.3, 0.4) is 0 Å². The highest BCUT2D eigenvalue weighted by Crippen LogP contribution is 2.22. The molecule has 0 atom stereocenters. The highest BCUT2D eigenvalue weighted by atomic mass is 16.3. The molecule has 0 spiro atoms. The summed E-state index contributed by atoms with van der Waals surface area (Å²) in [6.45, 7) is 10.3. The van der Waals surface area contributed by atoms with Gasteiger partial charge in [-0.15, -0.1) is 0 Å². The van der Waals surface area contributed by atoms with E-state index in [1.807, 2.05) is 18.2 Å². The second kappa shape index (κ2) is 6.42. The van der Waals surface area contributed by atoms with Crippen LogP contribution in [0.2, 0.25) is 0 Å². The molecule has 2 aromatic rings. The summed E-state index contributed by atoms with van der Waals surface area (Å²) in [6.07, 6.45) is 1.14. The maximum absolute atomic E-state index is 5.92. The van der Waals surface area contributed by atoms with Gasteiger partial charge in [0.05, 0.1) is 6.54 Å². The predicted octanol–water partition coefficient (Wildman–Crippen LogP) is 3.63. The van der Waals surface area contributed by atoms with E-state index < -0.39 is 0 Å². The van der Waals surface area contributed by atoms with E-state index in [0.29, 0.717) is 6.54 Å². The van der Waals surface area contributed by atoms with Crippen molar-refractivity contribution in [3.63, 3.8) is 0 Å². The Balaban J connectivity index is 2.10. The van der Waals surface area contributed by atoms with Gasteiger partial charge in [0.15, 0.2) is 0 Å². The van der Waals surface area contributed by atoms with Crippen molar-refractivity contribution in [2.24, 2.45) is 11.1 Å². The first kappa shape index (κ1) is 15.1. The summed E-state index contributed by atoms with van der Waals surface area (Å²) in [5.41, 5.74) is 6.96. The lowest BCUT2D eigenvalue weighted by atomic mass is 9.93. The lowest BCUT2D eigenvalue weighted by Gasteiger charge is -2.31. The molecule has 1 heterocycles. The molecule has 20 heavy (non-hydrogen) atoms. The van der Waals surface area contributed by atoms with E-state index in [1.165, 1.54) is 5.39 Å². The van der Waals surface area contributed by atoms with Gasteiger partial charge in [0, 0.05) is 11.9 Å². The van der Waals surface area contributed by atoms with Crippen LogP contribution in [0.4, 0.5) is 0 Å². The Kier molecular flexibility index (Phi) is 4.84. The van der Waals surface area contributed by atoms with Gasteiger partial charge in [0.25, 0.3) is 0 Å². The average molecular weight is 274 g/mol. The van der Waals surface area contributed by atoms with Gasteiger partial charge in [0.2, 0.25) is 0 Å². The minimum atomic E-state index is 0.140. The number of benzene rings is 1. The van der Waals surface area contributed by atoms with Crippen LogP contribution in [0.1, 0.15) is 33.0 Å². The molecule has 2 N–H and O–H groups in total. The zero-order chi connectivity index (χ0) is 14.6. The molecule has 0 unspecified atom stereocenters. The molecule has 0 aliphatic heterocycles. The Morgan fingerprint density at radius 1 is 1.25 bits per heavy atom. The smallest absolute Gasteiger partial charge is 0.134 e. The second-order valence-electron chi connectivity index (χ2n) is 6.33. The summed E-state index contributed by atoms with van der Waals surface area (Å²) in [4.78, 5) is 2.44. The SMILES string of the molecule is CCCN(Cc1cc2ccccc2o1)CC(C)(C)CN. The van der Waals surface area contributed by atoms with E-state index in [9.17, 15) is 0 Å². The molecule has 2 rings (SSSR count). The summed E-state index contributed by atoms with van der Waals surface area (Å²) in [5, 5.41) is 1.18. The normalized spacial score (nSPS) is 12.4. The monoisotopic (exact) mass is 274 g/mol. The summed E-state index contributed by atoms with van der Waals surface area (Å²) in [6, 6.07) is 10.3. The molecular weight excluding hydrogens is 248 g/mol. The Morgan fingerprint density at radius 3 is 2.65 bits per heavy atom. The van der Waals surface area contributed by atoms with Crippen LogP contribution in [0.5, 0.6) is 0 Å². The summed E-state index contributed by atoms with van der Waals surface area (Å²) in [5.74, 6) is 1.03. The molecular formula is C17H26N2O. The first-order valence-electron chi connectivity index (χ1n) is 7.44. The number of fused-ring (bicyclic) bond motifs is 1. The standard InChI is InChI=1S/C17H26N2O/c1-4-9-19(13-17(2,3)12-18)11-15-10-14-7-5-6-8-16(14)20-15/h5-8,10H,4,9,11-13,18H2,1-3H3. The fourth-order valence-corrected chi connectivity index (χ4v) is 2.54. The van der Waals surface area contributed by atoms with E-state index in [0.717, 1.165) is 37.4 Å². The summed E-state index contributed by atoms with van der Waals surface area (Å²) < 4.78 is 5.92. The zero-order valence-electron chi connectivity index (χ0n) is 12.9. The van der Waals surface area contributed by atoms with Crippen molar-refractivity contribution in [3.05, 3.63) is 36.1 Å². The average Bonchev–Trinajstić information content (AvgIpc) is 2.80. The Bertz CT molecular complexity index is 512. The summed E-state index contributed by atoms with van der Waals surface area (Å²) >= 11 is 0. The van der Waals surface area contributed by atoms with Crippen LogP contribution < -0.4 is 5.73 Å². The van der Waals surface area contributed by atoms with E-state index in [1.54, 1.807) is 0 Å². The van der Waals surface area contributed by atoms with Gasteiger partial charge in [-0.1, -0.05) is 39.0 Å². The third-order valence-electron chi connectivity index (χ3n) is 3.60. The molecule has 0 saturated carbocycles. The van der Waals surface area contributed by atoms with Gasteiger partial charge in [-0.3, -0.25) is 4.90 Å². The first-order chi connectivity index (χ1) is 9.54. The molecule has 1 aromatic carbocycles. The largest absolute Gasteiger partial charge is 0.460 e. The van der Waals surface area contributed by atoms with Gasteiger partial charge < -0.3 is 10.2 Å². The van der Waals surface area contributed by atoms with Crippen LogP contribution in [-0.4, -0.2) is 24.5 Å². The molecule has 0 bridgehead atoms. The van der Waals surface area contributed by atoms with Crippen molar-refractivity contribution in [2.45, 2.75) is 33.7 Å². The second-order valence-corrected chi connectivity index (χ2v) is 6.33. The Hall–Kier alpha value is -1.32. The van der Waals surface area contributed by atoms with Gasteiger partial charge in [-0.05, 0) is 37.1 Å². The number of rotatable bonds is 7. The third-order valence-corrected chi connectivity index (χ3v) is 3.60. The predicted molar refractivity (Wildman–Crippen MR) is 84.6 cm³/mol. The van der Waals surface area contributed by atoms with Crippen molar-refractivity contribution in [1.82, 2.24) is 4.90 Å². The number of para-hydroxylation sites is 1. The minimum absolute atomic E-state index is 0.140. The third kappa shape index (κ3) is 3.84. The number of hydrogen-bond donors (Lipinski definition) is 1. The lowest BCUT2D eigenvalue weighted by Crippen LogP contribution is -2.38. The van der Waals surface area contributed by atoms with E-state index in [4.69, 9.17) is 10.2 Å². The summed E-state index contributed by atoms with van der Waals surface area (Å²) in [7, 11) is 0. The minimum Gasteiger partial charge on any atom is -0.460 e. The Labute approximate surface area is 121 Å². The van der Waals surface area contributed by atoms with Gasteiger partial charge in [-0.25, -0.2) is 0 Å². The molecule has 0 aliphatic rings. The van der Waals surface area contributed by atoms with Gasteiger partial charge >= 0.3 is 0 Å². The maximum Gasteiger partial charge on any atom is 0.134 e. The van der Waals surface area contributed by atoms with Gasteiger partial charge in [0.1, 0.15) is 11.3 Å². The first-order valence-corrected chi connectivity index (χ1v) is 7.44. The van der Waals surface area contributed by atoms with Crippen LogP contribution in [-0.2, 0) is 6.54 Å². The molecule has 0 amide bonds. The molecule has 1 aromatic heterocycles. The number of furan rings is 1. The molecule has 0 fully saturated rings. The number of nitrogens with zero attached hydrogens (tertiary/aromatic N) is 1. The lowest BCUT2D eigenvalue weighted by molar-refractivity contribution is 0.166. The molecule has 0 aliphatic carbocycles. The number of hydrogen-bond acceptors (Lipinski definition) is 3.